The summed E-state index contributed by atoms with van der Waals surface area (Å²) in [5.41, 5.74) is 0. The van der Waals surface area contributed by atoms with Crippen molar-refractivity contribution in [2.24, 2.45) is 5.92 Å². The maximum absolute atomic E-state index is 11.1. The van der Waals surface area contributed by atoms with Gasteiger partial charge in [0, 0.05) is 0 Å². The Bertz CT molecular complexity index is 374. The molecule has 0 fully saturated rings. The fraction of sp³-hybridized carbons (Fsp3) is 0.625. The van der Waals surface area contributed by atoms with Crippen LogP contribution in [0.15, 0.2) is 0 Å². The third-order valence-corrected chi connectivity index (χ3v) is 1.87. The second-order valence-corrected chi connectivity index (χ2v) is 4.39. The molecular weight excluding hydrogens is 224 g/mol. The summed E-state index contributed by atoms with van der Waals surface area (Å²) in [6, 6.07) is 0. The Kier molecular flexibility index (Phi) is 5.28. The molecule has 0 aliphatic rings. The summed E-state index contributed by atoms with van der Waals surface area (Å²) in [5.74, 6) is 2.12. The van der Waals surface area contributed by atoms with Crippen LogP contribution in [0.25, 0.3) is 0 Å². The smallest absolute Gasteiger partial charge is 0.328 e. The average molecular weight is 236 g/mol. The topological polar surface area (TPSA) is 101 Å². The van der Waals surface area contributed by atoms with Crippen molar-refractivity contribution in [3.8, 4) is 11.8 Å². The summed E-state index contributed by atoms with van der Waals surface area (Å²) >= 11 is 0. The zero-order valence-electron chi connectivity index (χ0n) is 8.30. The molecule has 2 unspecified atom stereocenters. The van der Waals surface area contributed by atoms with Crippen LogP contribution in [0.2, 0.25) is 0 Å². The summed E-state index contributed by atoms with van der Waals surface area (Å²) in [4.78, 5) is 11.1. The van der Waals surface area contributed by atoms with Crippen LogP contribution < -0.4 is 0 Å². The predicted octanol–water partition coefficient (Wildman–Crippen LogP) is -1.52. The van der Waals surface area contributed by atoms with Gasteiger partial charge in [0.1, 0.15) is 12.7 Å². The van der Waals surface area contributed by atoms with Gasteiger partial charge in [-0.3, -0.25) is 4.79 Å². The minimum absolute atomic E-state index is 0.453. The van der Waals surface area contributed by atoms with E-state index in [2.05, 4.69) is 16.0 Å². The molecule has 0 amide bonds. The lowest BCUT2D eigenvalue weighted by Crippen LogP contribution is -2.28. The molecule has 0 aliphatic heterocycles. The van der Waals surface area contributed by atoms with Crippen LogP contribution in [-0.2, 0) is 19.1 Å². The lowest BCUT2D eigenvalue weighted by molar-refractivity contribution is -0.140. The van der Waals surface area contributed by atoms with E-state index in [-0.39, 0.29) is 0 Å². The van der Waals surface area contributed by atoms with E-state index in [1.54, 1.807) is 0 Å². The average Bonchev–Trinajstić information content (AvgIpc) is 2.10. The molecule has 0 aliphatic carbocycles. The van der Waals surface area contributed by atoms with Crippen LogP contribution in [-0.4, -0.2) is 43.6 Å². The van der Waals surface area contributed by atoms with Gasteiger partial charge in [-0.2, -0.15) is 8.42 Å². The molecule has 2 N–H and O–H groups in total. The number of carbonyl (C=O) groups excluding carboxylic acids is 1. The van der Waals surface area contributed by atoms with Crippen molar-refractivity contribution in [3.63, 3.8) is 0 Å². The molecule has 0 spiro atoms. The van der Waals surface area contributed by atoms with Crippen molar-refractivity contribution in [2.45, 2.75) is 13.0 Å². The van der Waals surface area contributed by atoms with E-state index in [1.807, 2.05) is 0 Å². The number of rotatable bonds is 3. The molecule has 0 aromatic rings. The van der Waals surface area contributed by atoms with E-state index in [4.69, 9.17) is 5.11 Å². The molecule has 0 bridgehead atoms. The van der Waals surface area contributed by atoms with Gasteiger partial charge in [-0.15, -0.1) is 0 Å². The summed E-state index contributed by atoms with van der Waals surface area (Å²) in [7, 11) is -3.88. The molecule has 0 saturated heterocycles. The highest BCUT2D eigenvalue weighted by atomic mass is 32.2. The first kappa shape index (κ1) is 13.9. The number of aliphatic hydroxyl groups is 2. The maximum Gasteiger partial charge on any atom is 0.328 e. The molecule has 0 aromatic heterocycles. The fourth-order valence-electron chi connectivity index (χ4n) is 0.629. The van der Waals surface area contributed by atoms with E-state index < -0.39 is 34.7 Å². The Hall–Kier alpha value is -1.10. The molecule has 0 radical (unpaired) electrons. The Morgan fingerprint density at radius 2 is 2.07 bits per heavy atom. The molecule has 7 heteroatoms. The summed E-state index contributed by atoms with van der Waals surface area (Å²) in [5, 5.41) is 17.6. The third-order valence-electron chi connectivity index (χ3n) is 1.41. The predicted molar refractivity (Wildman–Crippen MR) is 51.0 cm³/mol. The molecule has 0 saturated carbocycles. The van der Waals surface area contributed by atoms with E-state index in [0.29, 0.717) is 0 Å². The van der Waals surface area contributed by atoms with Gasteiger partial charge >= 0.3 is 16.1 Å². The normalized spacial score (nSPS) is 14.7. The molecule has 0 heterocycles. The highest BCUT2D eigenvalue weighted by molar-refractivity contribution is 7.86. The van der Waals surface area contributed by atoms with Gasteiger partial charge in [-0.1, -0.05) is 11.8 Å². The zero-order valence-corrected chi connectivity index (χ0v) is 9.11. The maximum atomic E-state index is 11.1. The standard InChI is InChI=1S/C8H12O6S/c1-6(7(10)4-3-5-9)8(11)14-15(2,12)13/h6-7,9-10H,5H2,1-2H3. The molecule has 6 nitrogen and oxygen atoms in total. The van der Waals surface area contributed by atoms with Crippen molar-refractivity contribution in [3.05, 3.63) is 0 Å². The van der Waals surface area contributed by atoms with Gasteiger partial charge in [0.15, 0.2) is 0 Å². The molecule has 0 aromatic carbocycles. The molecule has 2 atom stereocenters. The fourth-order valence-corrected chi connectivity index (χ4v) is 1.08. The quantitative estimate of drug-likeness (QED) is 0.456. The first-order chi connectivity index (χ1) is 6.78. The highest BCUT2D eigenvalue weighted by Gasteiger charge is 2.24. The lowest BCUT2D eigenvalue weighted by Gasteiger charge is -2.11. The number of carbonyl (C=O) groups is 1. The Morgan fingerprint density at radius 3 is 2.47 bits per heavy atom. The summed E-state index contributed by atoms with van der Waals surface area (Å²) in [6.07, 6.45) is -0.643. The van der Waals surface area contributed by atoms with Crippen LogP contribution in [0.3, 0.4) is 0 Å². The van der Waals surface area contributed by atoms with E-state index in [1.165, 1.54) is 6.92 Å². The van der Waals surface area contributed by atoms with E-state index >= 15 is 0 Å². The first-order valence-corrected chi connectivity index (χ1v) is 5.80. The number of hydrogen-bond donors (Lipinski definition) is 2. The van der Waals surface area contributed by atoms with Crippen molar-refractivity contribution in [1.82, 2.24) is 0 Å². The molecule has 0 rings (SSSR count). The van der Waals surface area contributed by atoms with E-state index in [0.717, 1.165) is 6.26 Å². The van der Waals surface area contributed by atoms with Crippen LogP contribution in [0, 0.1) is 17.8 Å². The van der Waals surface area contributed by atoms with Crippen molar-refractivity contribution < 1.29 is 27.6 Å². The van der Waals surface area contributed by atoms with Crippen LogP contribution in [0.1, 0.15) is 6.92 Å². The second-order valence-electron chi connectivity index (χ2n) is 2.82. The molecule has 15 heavy (non-hydrogen) atoms. The monoisotopic (exact) mass is 236 g/mol. The van der Waals surface area contributed by atoms with Crippen LogP contribution >= 0.6 is 0 Å². The number of aliphatic hydroxyl groups excluding tert-OH is 2. The highest BCUT2D eigenvalue weighted by Crippen LogP contribution is 2.06. The zero-order chi connectivity index (χ0) is 12.1. The molecule has 86 valence electrons. The Morgan fingerprint density at radius 1 is 1.53 bits per heavy atom. The van der Waals surface area contributed by atoms with E-state index in [9.17, 15) is 18.3 Å². The third kappa shape index (κ3) is 6.06. The van der Waals surface area contributed by atoms with Gasteiger partial charge in [0.25, 0.3) is 0 Å². The Balaban J connectivity index is 4.45. The Labute approximate surface area is 88.0 Å². The largest absolute Gasteiger partial charge is 0.384 e. The van der Waals surface area contributed by atoms with Crippen molar-refractivity contribution in [2.75, 3.05) is 12.9 Å². The summed E-state index contributed by atoms with van der Waals surface area (Å²) < 4.78 is 25.2. The van der Waals surface area contributed by atoms with Gasteiger partial charge < -0.3 is 14.4 Å². The van der Waals surface area contributed by atoms with Gasteiger partial charge in [0.05, 0.1) is 12.2 Å². The first-order valence-electron chi connectivity index (χ1n) is 3.98. The second kappa shape index (κ2) is 5.70. The van der Waals surface area contributed by atoms with Gasteiger partial charge in [-0.25, -0.2) is 0 Å². The van der Waals surface area contributed by atoms with Gasteiger partial charge in [0.2, 0.25) is 0 Å². The van der Waals surface area contributed by atoms with Crippen LogP contribution in [0.5, 0.6) is 0 Å². The minimum Gasteiger partial charge on any atom is -0.384 e. The summed E-state index contributed by atoms with van der Waals surface area (Å²) in [6.45, 7) is 0.815. The van der Waals surface area contributed by atoms with Crippen molar-refractivity contribution in [1.29, 1.82) is 0 Å². The SMILES string of the molecule is CC(C(=O)OS(C)(=O)=O)C(O)C#CCO. The molecular formula is C8H12O6S. The van der Waals surface area contributed by atoms with Crippen LogP contribution in [0.4, 0.5) is 0 Å². The number of hydrogen-bond acceptors (Lipinski definition) is 6. The lowest BCUT2D eigenvalue weighted by atomic mass is 10.1. The van der Waals surface area contributed by atoms with Crippen molar-refractivity contribution >= 4 is 16.1 Å². The minimum atomic E-state index is -3.88. The van der Waals surface area contributed by atoms with Gasteiger partial charge in [-0.05, 0) is 6.92 Å².